The molecule has 0 aliphatic carbocycles. The molecular weight excluding hydrogens is 369 g/mol. The Bertz CT molecular complexity index is 1010. The molecule has 0 bridgehead atoms. The van der Waals surface area contributed by atoms with Gasteiger partial charge in [-0.25, -0.2) is 9.82 Å². The molecule has 0 radical (unpaired) electrons. The number of ether oxygens (including phenoxy) is 1. The molecule has 0 saturated heterocycles. The predicted molar refractivity (Wildman–Crippen MR) is 112 cm³/mol. The van der Waals surface area contributed by atoms with Crippen LogP contribution in [0.25, 0.3) is 5.69 Å². The van der Waals surface area contributed by atoms with Crippen molar-refractivity contribution in [2.45, 2.75) is 27.2 Å². The molecule has 0 aliphatic rings. The number of halogens is 1. The van der Waals surface area contributed by atoms with Gasteiger partial charge in [-0.2, -0.15) is 5.10 Å². The highest BCUT2D eigenvalue weighted by Crippen LogP contribution is 2.20. The molecule has 6 heteroatoms. The van der Waals surface area contributed by atoms with E-state index >= 15 is 0 Å². The fourth-order valence-electron chi connectivity index (χ4n) is 3.17. The number of amides is 1. The van der Waals surface area contributed by atoms with Gasteiger partial charge in [0.2, 0.25) is 5.91 Å². The fraction of sp³-hybridized carbons (Fsp3) is 0.217. The molecule has 1 heterocycles. The Morgan fingerprint density at radius 1 is 1.14 bits per heavy atom. The van der Waals surface area contributed by atoms with Crippen LogP contribution in [0.1, 0.15) is 29.4 Å². The van der Waals surface area contributed by atoms with E-state index in [4.69, 9.17) is 4.74 Å². The first kappa shape index (κ1) is 20.3. The van der Waals surface area contributed by atoms with Gasteiger partial charge in [0.25, 0.3) is 0 Å². The number of aromatic nitrogens is 1. The number of hydrogen-bond acceptors (Lipinski definition) is 3. The normalized spacial score (nSPS) is 11.0. The van der Waals surface area contributed by atoms with Crippen LogP contribution in [0.5, 0.6) is 5.75 Å². The van der Waals surface area contributed by atoms with Gasteiger partial charge in [-0.05, 0) is 68.8 Å². The number of nitrogens with zero attached hydrogens (tertiary/aromatic N) is 2. The number of carbonyl (C=O) groups excluding carboxylic acids is 1. The number of carbonyl (C=O) groups is 1. The van der Waals surface area contributed by atoms with Gasteiger partial charge in [0, 0.05) is 22.6 Å². The van der Waals surface area contributed by atoms with E-state index in [9.17, 15) is 9.18 Å². The van der Waals surface area contributed by atoms with E-state index in [1.807, 2.05) is 55.7 Å². The highest BCUT2D eigenvalue weighted by Gasteiger charge is 2.10. The first-order valence-electron chi connectivity index (χ1n) is 9.46. The van der Waals surface area contributed by atoms with Crippen molar-refractivity contribution in [2.24, 2.45) is 5.10 Å². The summed E-state index contributed by atoms with van der Waals surface area (Å²) in [7, 11) is 0. The van der Waals surface area contributed by atoms with Gasteiger partial charge in [0.05, 0.1) is 19.2 Å². The first-order chi connectivity index (χ1) is 14.0. The minimum absolute atomic E-state index is 0.197. The molecule has 3 aromatic rings. The Hall–Kier alpha value is -3.41. The number of hydrogen-bond donors (Lipinski definition) is 1. The third-order valence-corrected chi connectivity index (χ3v) is 4.55. The lowest BCUT2D eigenvalue weighted by molar-refractivity contribution is -0.120. The molecule has 1 aromatic heterocycles. The molecule has 1 amide bonds. The third kappa shape index (κ3) is 5.10. The monoisotopic (exact) mass is 393 g/mol. The van der Waals surface area contributed by atoms with Crippen LogP contribution in [0.15, 0.2) is 59.7 Å². The second-order valence-electron chi connectivity index (χ2n) is 6.69. The second-order valence-corrected chi connectivity index (χ2v) is 6.69. The molecule has 0 fully saturated rings. The van der Waals surface area contributed by atoms with Crippen molar-refractivity contribution >= 4 is 12.1 Å². The van der Waals surface area contributed by atoms with Crippen LogP contribution in [-0.4, -0.2) is 23.3 Å². The summed E-state index contributed by atoms with van der Waals surface area (Å²) in [5, 5.41) is 4.09. The summed E-state index contributed by atoms with van der Waals surface area (Å²) in [4.78, 5) is 12.1. The summed E-state index contributed by atoms with van der Waals surface area (Å²) in [5.74, 6) is 0.317. The fourth-order valence-corrected chi connectivity index (χ4v) is 3.17. The minimum atomic E-state index is -0.270. The number of rotatable bonds is 7. The zero-order valence-corrected chi connectivity index (χ0v) is 16.8. The molecule has 5 nitrogen and oxygen atoms in total. The van der Waals surface area contributed by atoms with Crippen molar-refractivity contribution < 1.29 is 13.9 Å². The Morgan fingerprint density at radius 2 is 1.83 bits per heavy atom. The zero-order chi connectivity index (χ0) is 20.8. The molecule has 0 aliphatic heterocycles. The smallest absolute Gasteiger partial charge is 0.244 e. The lowest BCUT2D eigenvalue weighted by Crippen LogP contribution is -2.19. The Morgan fingerprint density at radius 3 is 2.48 bits per heavy atom. The standard InChI is InChI=1S/C23H24FN3O2/c1-4-29-22-11-5-18(6-12-22)14-23(28)26-25-15-19-13-16(2)27(17(19)3)21-9-7-20(24)8-10-21/h5-13,15H,4,14H2,1-3H3,(H,26,28)/b25-15-. The lowest BCUT2D eigenvalue weighted by atomic mass is 10.1. The highest BCUT2D eigenvalue weighted by molar-refractivity contribution is 5.84. The van der Waals surface area contributed by atoms with Gasteiger partial charge in [-0.1, -0.05) is 12.1 Å². The van der Waals surface area contributed by atoms with E-state index < -0.39 is 0 Å². The number of hydrazone groups is 1. The predicted octanol–water partition coefficient (Wildman–Crippen LogP) is 4.32. The molecule has 0 atom stereocenters. The maximum atomic E-state index is 13.2. The van der Waals surface area contributed by atoms with Crippen molar-refractivity contribution in [3.05, 3.63) is 82.9 Å². The molecule has 2 aromatic carbocycles. The molecule has 0 saturated carbocycles. The SMILES string of the molecule is CCOc1ccc(CC(=O)N/N=C\c2cc(C)n(-c3ccc(F)cc3)c2C)cc1. The van der Waals surface area contributed by atoms with Crippen molar-refractivity contribution in [3.8, 4) is 11.4 Å². The molecule has 3 rings (SSSR count). The van der Waals surface area contributed by atoms with E-state index in [2.05, 4.69) is 10.5 Å². The van der Waals surface area contributed by atoms with E-state index in [0.29, 0.717) is 6.61 Å². The van der Waals surface area contributed by atoms with Crippen molar-refractivity contribution in [2.75, 3.05) is 6.61 Å². The Labute approximate surface area is 169 Å². The van der Waals surface area contributed by atoms with Gasteiger partial charge in [0.1, 0.15) is 11.6 Å². The summed E-state index contributed by atoms with van der Waals surface area (Å²) in [6.45, 7) is 6.46. The molecule has 0 unspecified atom stereocenters. The third-order valence-electron chi connectivity index (χ3n) is 4.55. The maximum absolute atomic E-state index is 13.2. The van der Waals surface area contributed by atoms with Gasteiger partial charge in [-0.15, -0.1) is 0 Å². The van der Waals surface area contributed by atoms with Crippen LogP contribution in [0.4, 0.5) is 4.39 Å². The minimum Gasteiger partial charge on any atom is -0.494 e. The van der Waals surface area contributed by atoms with Crippen molar-refractivity contribution in [3.63, 3.8) is 0 Å². The lowest BCUT2D eigenvalue weighted by Gasteiger charge is -2.09. The van der Waals surface area contributed by atoms with Crippen LogP contribution in [0.2, 0.25) is 0 Å². The largest absolute Gasteiger partial charge is 0.494 e. The molecule has 0 spiro atoms. The number of nitrogens with one attached hydrogen (secondary N) is 1. The second kappa shape index (κ2) is 9.19. The number of benzene rings is 2. The molecule has 150 valence electrons. The van der Waals surface area contributed by atoms with Crippen LogP contribution in [0.3, 0.4) is 0 Å². The summed E-state index contributed by atoms with van der Waals surface area (Å²) in [6, 6.07) is 15.7. The van der Waals surface area contributed by atoms with E-state index in [-0.39, 0.29) is 18.1 Å². The maximum Gasteiger partial charge on any atom is 0.244 e. The van der Waals surface area contributed by atoms with Crippen LogP contribution in [-0.2, 0) is 11.2 Å². The Balaban J connectivity index is 1.63. The summed E-state index contributed by atoms with van der Waals surface area (Å²) in [5.41, 5.74) is 7.16. The van der Waals surface area contributed by atoms with E-state index in [1.54, 1.807) is 18.3 Å². The van der Waals surface area contributed by atoms with Gasteiger partial charge in [-0.3, -0.25) is 4.79 Å². The molecular formula is C23H24FN3O2. The van der Waals surface area contributed by atoms with Crippen molar-refractivity contribution in [1.82, 2.24) is 9.99 Å². The quantitative estimate of drug-likeness (QED) is 0.480. The van der Waals surface area contributed by atoms with Crippen molar-refractivity contribution in [1.29, 1.82) is 0 Å². The van der Waals surface area contributed by atoms with Gasteiger partial charge in [0.15, 0.2) is 0 Å². The van der Waals surface area contributed by atoms with E-state index in [0.717, 1.165) is 34.0 Å². The molecule has 29 heavy (non-hydrogen) atoms. The summed E-state index contributed by atoms with van der Waals surface area (Å²) < 4.78 is 20.6. The summed E-state index contributed by atoms with van der Waals surface area (Å²) >= 11 is 0. The van der Waals surface area contributed by atoms with Crippen LogP contribution < -0.4 is 10.2 Å². The zero-order valence-electron chi connectivity index (χ0n) is 16.8. The average Bonchev–Trinajstić information content (AvgIpc) is 2.98. The Kier molecular flexibility index (Phi) is 6.44. The van der Waals surface area contributed by atoms with Gasteiger partial charge < -0.3 is 9.30 Å². The first-order valence-corrected chi connectivity index (χ1v) is 9.46. The summed E-state index contributed by atoms with van der Waals surface area (Å²) in [6.07, 6.45) is 1.86. The van der Waals surface area contributed by atoms with Gasteiger partial charge >= 0.3 is 0 Å². The van der Waals surface area contributed by atoms with Crippen LogP contribution >= 0.6 is 0 Å². The van der Waals surface area contributed by atoms with Crippen LogP contribution in [0, 0.1) is 19.7 Å². The average molecular weight is 393 g/mol. The highest BCUT2D eigenvalue weighted by atomic mass is 19.1. The topological polar surface area (TPSA) is 55.6 Å². The number of aryl methyl sites for hydroxylation is 1. The molecule has 1 N–H and O–H groups in total. The van der Waals surface area contributed by atoms with E-state index in [1.165, 1.54) is 12.1 Å².